The maximum absolute atomic E-state index is 13.3. The number of β-amino-alcohol motifs (C(OH)–C–C–N with tert-alkyl or cyclic N) is 1. The molecular formula is C16H18F2N4O2. The molecule has 8 heteroatoms. The average molecular weight is 336 g/mol. The van der Waals surface area contributed by atoms with Gasteiger partial charge in [0.1, 0.15) is 5.60 Å². The lowest BCUT2D eigenvalue weighted by atomic mass is 9.92. The molecule has 24 heavy (non-hydrogen) atoms. The average Bonchev–Trinajstić information content (AvgIpc) is 3.03. The van der Waals surface area contributed by atoms with Crippen molar-refractivity contribution >= 4 is 5.91 Å². The summed E-state index contributed by atoms with van der Waals surface area (Å²) in [6.07, 6.45) is 4.37. The molecule has 2 heterocycles. The van der Waals surface area contributed by atoms with Gasteiger partial charge in [0.2, 0.25) is 5.91 Å². The maximum Gasteiger partial charge on any atom is 0.227 e. The van der Waals surface area contributed by atoms with Gasteiger partial charge in [-0.15, -0.1) is 5.10 Å². The van der Waals surface area contributed by atoms with Crippen molar-refractivity contribution in [2.75, 3.05) is 13.1 Å². The van der Waals surface area contributed by atoms with E-state index in [1.54, 1.807) is 11.1 Å². The summed E-state index contributed by atoms with van der Waals surface area (Å²) in [5.41, 5.74) is -0.667. The number of piperidine rings is 1. The van der Waals surface area contributed by atoms with Crippen molar-refractivity contribution in [3.8, 4) is 0 Å². The van der Waals surface area contributed by atoms with Crippen LogP contribution >= 0.6 is 0 Å². The van der Waals surface area contributed by atoms with Crippen LogP contribution < -0.4 is 0 Å². The quantitative estimate of drug-likeness (QED) is 0.909. The predicted molar refractivity (Wildman–Crippen MR) is 80.8 cm³/mol. The fourth-order valence-corrected chi connectivity index (χ4v) is 3.01. The summed E-state index contributed by atoms with van der Waals surface area (Å²) >= 11 is 0. The second-order valence-electron chi connectivity index (χ2n) is 6.17. The Bertz CT molecular complexity index is 723. The number of likely N-dealkylation sites (tertiary alicyclic amines) is 1. The third-order valence-corrected chi connectivity index (χ3v) is 4.18. The van der Waals surface area contributed by atoms with E-state index in [9.17, 15) is 18.7 Å². The van der Waals surface area contributed by atoms with Crippen LogP contribution in [-0.2, 0) is 17.8 Å². The number of halogens is 2. The number of hydrogen-bond donors (Lipinski definition) is 1. The molecule has 0 saturated carbocycles. The van der Waals surface area contributed by atoms with Crippen LogP contribution in [0, 0.1) is 11.6 Å². The smallest absolute Gasteiger partial charge is 0.227 e. The van der Waals surface area contributed by atoms with Gasteiger partial charge in [0.25, 0.3) is 0 Å². The van der Waals surface area contributed by atoms with Gasteiger partial charge in [0.15, 0.2) is 11.6 Å². The first-order chi connectivity index (χ1) is 11.5. The highest BCUT2D eigenvalue weighted by atomic mass is 19.2. The number of carbonyl (C=O) groups excluding carboxylic acids is 1. The van der Waals surface area contributed by atoms with Crippen molar-refractivity contribution in [2.45, 2.75) is 31.4 Å². The fourth-order valence-electron chi connectivity index (χ4n) is 3.01. The molecule has 6 nitrogen and oxygen atoms in total. The van der Waals surface area contributed by atoms with Gasteiger partial charge in [-0.3, -0.25) is 4.79 Å². The Labute approximate surface area is 137 Å². The number of hydrogen-bond acceptors (Lipinski definition) is 4. The molecule has 1 unspecified atom stereocenters. The molecule has 1 amide bonds. The first kappa shape index (κ1) is 16.5. The molecule has 0 bridgehead atoms. The molecule has 0 radical (unpaired) electrons. The highest BCUT2D eigenvalue weighted by Gasteiger charge is 2.35. The summed E-state index contributed by atoms with van der Waals surface area (Å²) in [6.45, 7) is 0.958. The molecule has 1 aliphatic rings. The number of aliphatic hydroxyl groups is 1. The van der Waals surface area contributed by atoms with Crippen molar-refractivity contribution in [3.05, 3.63) is 47.8 Å². The minimum absolute atomic E-state index is 0.0311. The summed E-state index contributed by atoms with van der Waals surface area (Å²) in [5.74, 6) is -2.13. The molecule has 3 rings (SSSR count). The van der Waals surface area contributed by atoms with Crippen molar-refractivity contribution in [1.82, 2.24) is 19.9 Å². The lowest BCUT2D eigenvalue weighted by molar-refractivity contribution is -0.138. The summed E-state index contributed by atoms with van der Waals surface area (Å²) in [6, 6.07) is 3.43. The number of benzene rings is 1. The third-order valence-electron chi connectivity index (χ3n) is 4.18. The fraction of sp³-hybridized carbons (Fsp3) is 0.438. The zero-order chi connectivity index (χ0) is 17.2. The van der Waals surface area contributed by atoms with E-state index in [1.807, 2.05) is 0 Å². The normalized spacial score (nSPS) is 21.0. The Morgan fingerprint density at radius 3 is 2.88 bits per heavy atom. The second kappa shape index (κ2) is 6.64. The molecule has 1 N–H and O–H groups in total. The minimum Gasteiger partial charge on any atom is -0.386 e. The summed E-state index contributed by atoms with van der Waals surface area (Å²) < 4.78 is 27.7. The van der Waals surface area contributed by atoms with Crippen LogP contribution in [0.2, 0.25) is 0 Å². The van der Waals surface area contributed by atoms with Crippen LogP contribution in [0.3, 0.4) is 0 Å². The van der Waals surface area contributed by atoms with Crippen molar-refractivity contribution in [3.63, 3.8) is 0 Å². The van der Waals surface area contributed by atoms with Crippen LogP contribution in [0.15, 0.2) is 30.6 Å². The highest BCUT2D eigenvalue weighted by molar-refractivity contribution is 5.79. The molecular weight excluding hydrogens is 318 g/mol. The van der Waals surface area contributed by atoms with Gasteiger partial charge < -0.3 is 10.0 Å². The van der Waals surface area contributed by atoms with Crippen LogP contribution in [-0.4, -0.2) is 49.6 Å². The van der Waals surface area contributed by atoms with Crippen LogP contribution in [0.1, 0.15) is 18.4 Å². The molecule has 2 aromatic rings. The summed E-state index contributed by atoms with van der Waals surface area (Å²) in [5, 5.41) is 18.3. The van der Waals surface area contributed by atoms with E-state index in [2.05, 4.69) is 10.3 Å². The Balaban J connectivity index is 1.65. The van der Waals surface area contributed by atoms with Crippen molar-refractivity contribution in [1.29, 1.82) is 0 Å². The molecule has 1 aromatic carbocycles. The first-order valence-electron chi connectivity index (χ1n) is 7.73. The molecule has 1 saturated heterocycles. The Kier molecular flexibility index (Phi) is 4.57. The van der Waals surface area contributed by atoms with Crippen LogP contribution in [0.25, 0.3) is 0 Å². The number of carbonyl (C=O) groups is 1. The molecule has 128 valence electrons. The Morgan fingerprint density at radius 2 is 2.17 bits per heavy atom. The SMILES string of the molecule is O=C(Cc1ccc(F)c(F)c1)N1CCCC(O)(Cn2ccnn2)C1. The van der Waals surface area contributed by atoms with Gasteiger partial charge in [-0.05, 0) is 30.5 Å². The van der Waals surface area contributed by atoms with Gasteiger partial charge in [0, 0.05) is 12.7 Å². The van der Waals surface area contributed by atoms with E-state index in [0.717, 1.165) is 12.1 Å². The number of aromatic nitrogens is 3. The number of amides is 1. The summed E-state index contributed by atoms with van der Waals surface area (Å²) in [7, 11) is 0. The van der Waals surface area contributed by atoms with Crippen molar-refractivity contribution in [2.24, 2.45) is 0 Å². The van der Waals surface area contributed by atoms with Gasteiger partial charge in [-0.1, -0.05) is 11.3 Å². The molecule has 0 spiro atoms. The van der Waals surface area contributed by atoms with Crippen LogP contribution in [0.4, 0.5) is 8.78 Å². The van der Waals surface area contributed by atoms with E-state index in [0.29, 0.717) is 24.9 Å². The van der Waals surface area contributed by atoms with Gasteiger partial charge in [-0.2, -0.15) is 0 Å². The standard InChI is InChI=1S/C16H18F2N4O2/c17-13-3-2-12(8-14(13)18)9-15(23)21-6-1-4-16(24,10-21)11-22-7-5-19-20-22/h2-3,5,7-8,24H,1,4,6,9-11H2. The predicted octanol–water partition coefficient (Wildman–Crippen LogP) is 1.15. The van der Waals surface area contributed by atoms with Gasteiger partial charge >= 0.3 is 0 Å². The highest BCUT2D eigenvalue weighted by Crippen LogP contribution is 2.23. The van der Waals surface area contributed by atoms with E-state index in [4.69, 9.17) is 0 Å². The second-order valence-corrected chi connectivity index (χ2v) is 6.17. The summed E-state index contributed by atoms with van der Waals surface area (Å²) in [4.78, 5) is 14.0. The van der Waals surface area contributed by atoms with E-state index in [-0.39, 0.29) is 25.4 Å². The largest absolute Gasteiger partial charge is 0.386 e. The van der Waals surface area contributed by atoms with Crippen LogP contribution in [0.5, 0.6) is 0 Å². The molecule has 0 aliphatic carbocycles. The minimum atomic E-state index is -1.07. The van der Waals surface area contributed by atoms with E-state index < -0.39 is 17.2 Å². The number of rotatable bonds is 4. The number of nitrogens with zero attached hydrogens (tertiary/aromatic N) is 4. The topological polar surface area (TPSA) is 71.2 Å². The van der Waals surface area contributed by atoms with Gasteiger partial charge in [0.05, 0.1) is 25.7 Å². The monoisotopic (exact) mass is 336 g/mol. The first-order valence-corrected chi connectivity index (χ1v) is 7.73. The van der Waals surface area contributed by atoms with Gasteiger partial charge in [-0.25, -0.2) is 13.5 Å². The van der Waals surface area contributed by atoms with E-state index in [1.165, 1.54) is 16.9 Å². The zero-order valence-electron chi connectivity index (χ0n) is 13.0. The third kappa shape index (κ3) is 3.76. The molecule has 1 aliphatic heterocycles. The Hall–Kier alpha value is -2.35. The lowest BCUT2D eigenvalue weighted by Crippen LogP contribution is -2.52. The Morgan fingerprint density at radius 1 is 1.33 bits per heavy atom. The van der Waals surface area contributed by atoms with E-state index >= 15 is 0 Å². The zero-order valence-corrected chi connectivity index (χ0v) is 13.0. The lowest BCUT2D eigenvalue weighted by Gasteiger charge is -2.39. The molecule has 1 fully saturated rings. The maximum atomic E-state index is 13.3. The molecule has 1 atom stereocenters. The van der Waals surface area contributed by atoms with Crippen molar-refractivity contribution < 1.29 is 18.7 Å². The molecule has 1 aromatic heterocycles.